The van der Waals surface area contributed by atoms with E-state index in [1.165, 1.54) is 0 Å². The summed E-state index contributed by atoms with van der Waals surface area (Å²) < 4.78 is 5.04. The van der Waals surface area contributed by atoms with Gasteiger partial charge in [0.15, 0.2) is 5.78 Å². The molecule has 0 aliphatic carbocycles. The Morgan fingerprint density at radius 2 is 2.00 bits per heavy atom. The largest absolute Gasteiger partial charge is 0.461 e. The Bertz CT molecular complexity index is 681. The number of nitrogens with one attached hydrogen (secondary N) is 2. The normalized spacial score (nSPS) is 17.8. The average Bonchev–Trinajstić information content (AvgIpc) is 2.90. The number of esters is 1. The molecule has 1 fully saturated rings. The van der Waals surface area contributed by atoms with Crippen LogP contribution in [0, 0.1) is 13.8 Å². The molecular formula is C19H29N3O4. The van der Waals surface area contributed by atoms with Crippen molar-refractivity contribution in [2.45, 2.75) is 53.0 Å². The third-order valence-electron chi connectivity index (χ3n) is 4.75. The summed E-state index contributed by atoms with van der Waals surface area (Å²) in [5.74, 6) is -0.415. The van der Waals surface area contributed by atoms with E-state index in [0.717, 1.165) is 19.4 Å². The standard InChI is InChI=1S/C19H29N3O4/c1-5-16(24)21-14-8-7-9-22(10-14)11-15(23)17-12(3)18(20-13(17)4)19(25)26-6-2/h14,20H,5-11H2,1-4H3,(H,21,24). The highest BCUT2D eigenvalue weighted by atomic mass is 16.5. The molecule has 144 valence electrons. The van der Waals surface area contributed by atoms with Gasteiger partial charge in [-0.15, -0.1) is 0 Å². The van der Waals surface area contributed by atoms with Gasteiger partial charge in [0.25, 0.3) is 0 Å². The molecule has 2 rings (SSSR count). The predicted octanol–water partition coefficient (Wildman–Crippen LogP) is 1.98. The van der Waals surface area contributed by atoms with Crippen LogP contribution in [0.25, 0.3) is 0 Å². The molecule has 1 aromatic heterocycles. The molecule has 1 aromatic rings. The lowest BCUT2D eigenvalue weighted by molar-refractivity contribution is -0.121. The van der Waals surface area contributed by atoms with Crippen LogP contribution in [0.3, 0.4) is 0 Å². The zero-order valence-electron chi connectivity index (χ0n) is 16.1. The number of aromatic nitrogens is 1. The van der Waals surface area contributed by atoms with Crippen molar-refractivity contribution in [2.75, 3.05) is 26.2 Å². The number of likely N-dealkylation sites (tertiary alicyclic amines) is 1. The fourth-order valence-corrected chi connectivity index (χ4v) is 3.50. The second-order valence-corrected chi connectivity index (χ2v) is 6.76. The topological polar surface area (TPSA) is 91.5 Å². The third-order valence-corrected chi connectivity index (χ3v) is 4.75. The van der Waals surface area contributed by atoms with Crippen LogP contribution in [0.15, 0.2) is 0 Å². The molecule has 26 heavy (non-hydrogen) atoms. The molecule has 0 radical (unpaired) electrons. The Kier molecular flexibility index (Phi) is 6.97. The maximum atomic E-state index is 12.8. The highest BCUT2D eigenvalue weighted by Crippen LogP contribution is 2.20. The maximum absolute atomic E-state index is 12.8. The molecule has 1 atom stereocenters. The number of ether oxygens (including phenoxy) is 1. The number of aryl methyl sites for hydroxylation is 1. The van der Waals surface area contributed by atoms with Gasteiger partial charge in [-0.3, -0.25) is 14.5 Å². The van der Waals surface area contributed by atoms with Gasteiger partial charge in [-0.05, 0) is 45.7 Å². The Morgan fingerprint density at radius 3 is 2.65 bits per heavy atom. The number of piperidine rings is 1. The molecule has 1 unspecified atom stereocenters. The first kappa shape index (κ1) is 20.2. The number of carbonyl (C=O) groups excluding carboxylic acids is 3. The number of ketones is 1. The lowest BCUT2D eigenvalue weighted by atomic mass is 10.0. The number of amides is 1. The van der Waals surface area contributed by atoms with Crippen molar-refractivity contribution in [2.24, 2.45) is 0 Å². The third kappa shape index (κ3) is 4.72. The molecule has 2 N–H and O–H groups in total. The Morgan fingerprint density at radius 1 is 1.27 bits per heavy atom. The van der Waals surface area contributed by atoms with Crippen molar-refractivity contribution in [3.63, 3.8) is 0 Å². The molecule has 7 nitrogen and oxygen atoms in total. The van der Waals surface area contributed by atoms with Gasteiger partial charge in [0.05, 0.1) is 13.2 Å². The minimum Gasteiger partial charge on any atom is -0.461 e. The van der Waals surface area contributed by atoms with Gasteiger partial charge in [-0.2, -0.15) is 0 Å². The van der Waals surface area contributed by atoms with Gasteiger partial charge in [0.2, 0.25) is 5.91 Å². The van der Waals surface area contributed by atoms with E-state index in [1.807, 2.05) is 6.92 Å². The molecule has 7 heteroatoms. The molecule has 2 heterocycles. The van der Waals surface area contributed by atoms with Crippen LogP contribution in [0.1, 0.15) is 65.2 Å². The predicted molar refractivity (Wildman–Crippen MR) is 98.4 cm³/mol. The van der Waals surface area contributed by atoms with Gasteiger partial charge < -0.3 is 15.0 Å². The van der Waals surface area contributed by atoms with Gasteiger partial charge in [-0.25, -0.2) is 4.79 Å². The summed E-state index contributed by atoms with van der Waals surface area (Å²) in [6.07, 6.45) is 2.35. The highest BCUT2D eigenvalue weighted by molar-refractivity contribution is 6.03. The molecular weight excluding hydrogens is 334 g/mol. The SMILES string of the molecule is CCOC(=O)c1[nH]c(C)c(C(=O)CN2CCCC(NC(=O)CC)C2)c1C. The van der Waals surface area contributed by atoms with Gasteiger partial charge in [0, 0.05) is 30.3 Å². The van der Waals surface area contributed by atoms with Gasteiger partial charge >= 0.3 is 5.97 Å². The molecule has 1 aliphatic heterocycles. The Hall–Kier alpha value is -2.15. The summed E-state index contributed by atoms with van der Waals surface area (Å²) in [5.41, 5.74) is 2.23. The van der Waals surface area contributed by atoms with Crippen molar-refractivity contribution in [1.82, 2.24) is 15.2 Å². The van der Waals surface area contributed by atoms with E-state index in [9.17, 15) is 14.4 Å². The minimum atomic E-state index is -0.438. The van der Waals surface area contributed by atoms with Crippen LogP contribution in [0.2, 0.25) is 0 Å². The van der Waals surface area contributed by atoms with Crippen molar-refractivity contribution in [1.29, 1.82) is 0 Å². The van der Waals surface area contributed by atoms with E-state index in [4.69, 9.17) is 4.74 Å². The number of hydrogen-bond donors (Lipinski definition) is 2. The van der Waals surface area contributed by atoms with Crippen LogP contribution in [0.4, 0.5) is 0 Å². The summed E-state index contributed by atoms with van der Waals surface area (Å²) in [4.78, 5) is 41.5. The number of hydrogen-bond acceptors (Lipinski definition) is 5. The van der Waals surface area contributed by atoms with Gasteiger partial charge in [0.1, 0.15) is 5.69 Å². The summed E-state index contributed by atoms with van der Waals surface area (Å²) in [7, 11) is 0. The number of Topliss-reactive ketones (excluding diaryl/α,β-unsaturated/α-hetero) is 1. The van der Waals surface area contributed by atoms with E-state index in [-0.39, 0.29) is 30.9 Å². The summed E-state index contributed by atoms with van der Waals surface area (Å²) in [6, 6.07) is 0.0903. The molecule has 1 aliphatic rings. The van der Waals surface area contributed by atoms with Crippen LogP contribution >= 0.6 is 0 Å². The maximum Gasteiger partial charge on any atom is 0.355 e. The van der Waals surface area contributed by atoms with Crippen molar-refractivity contribution < 1.29 is 19.1 Å². The second kappa shape index (κ2) is 8.98. The Balaban J connectivity index is 2.05. The average molecular weight is 363 g/mol. The van der Waals surface area contributed by atoms with Crippen molar-refractivity contribution in [3.8, 4) is 0 Å². The van der Waals surface area contributed by atoms with Crippen molar-refractivity contribution >= 4 is 17.7 Å². The molecule has 0 bridgehead atoms. The number of nitrogens with zero attached hydrogens (tertiary/aromatic N) is 1. The van der Waals surface area contributed by atoms with E-state index >= 15 is 0 Å². The second-order valence-electron chi connectivity index (χ2n) is 6.76. The first-order valence-corrected chi connectivity index (χ1v) is 9.28. The number of aromatic amines is 1. The molecule has 1 saturated heterocycles. The molecule has 0 spiro atoms. The van der Waals surface area contributed by atoms with Crippen LogP contribution < -0.4 is 5.32 Å². The molecule has 0 saturated carbocycles. The summed E-state index contributed by atoms with van der Waals surface area (Å²) in [6.45, 7) is 9.21. The summed E-state index contributed by atoms with van der Waals surface area (Å²) >= 11 is 0. The van der Waals surface area contributed by atoms with E-state index in [2.05, 4.69) is 15.2 Å². The first-order chi connectivity index (χ1) is 12.4. The summed E-state index contributed by atoms with van der Waals surface area (Å²) in [5, 5.41) is 3.01. The number of H-pyrrole nitrogens is 1. The molecule has 0 aromatic carbocycles. The minimum absolute atomic E-state index is 0.0192. The van der Waals surface area contributed by atoms with E-state index in [1.54, 1.807) is 20.8 Å². The van der Waals surface area contributed by atoms with Crippen LogP contribution in [0.5, 0.6) is 0 Å². The lowest BCUT2D eigenvalue weighted by Crippen LogP contribution is -2.48. The number of carbonyl (C=O) groups is 3. The zero-order chi connectivity index (χ0) is 19.3. The lowest BCUT2D eigenvalue weighted by Gasteiger charge is -2.32. The fourth-order valence-electron chi connectivity index (χ4n) is 3.50. The van der Waals surface area contributed by atoms with Crippen LogP contribution in [-0.2, 0) is 9.53 Å². The monoisotopic (exact) mass is 363 g/mol. The molecule has 1 amide bonds. The Labute approximate surface area is 154 Å². The van der Waals surface area contributed by atoms with E-state index < -0.39 is 5.97 Å². The number of rotatable bonds is 7. The van der Waals surface area contributed by atoms with Crippen LogP contribution in [-0.4, -0.2) is 59.8 Å². The highest BCUT2D eigenvalue weighted by Gasteiger charge is 2.26. The smallest absolute Gasteiger partial charge is 0.355 e. The van der Waals surface area contributed by atoms with Crippen molar-refractivity contribution in [3.05, 3.63) is 22.5 Å². The quantitative estimate of drug-likeness (QED) is 0.571. The fraction of sp³-hybridized carbons (Fsp3) is 0.632. The first-order valence-electron chi connectivity index (χ1n) is 9.28. The zero-order valence-corrected chi connectivity index (χ0v) is 16.1. The van der Waals surface area contributed by atoms with E-state index in [0.29, 0.717) is 35.5 Å². The van der Waals surface area contributed by atoms with Gasteiger partial charge in [-0.1, -0.05) is 6.92 Å².